The summed E-state index contributed by atoms with van der Waals surface area (Å²) in [5.41, 5.74) is 2.25. The summed E-state index contributed by atoms with van der Waals surface area (Å²) in [4.78, 5) is 12.2. The van der Waals surface area contributed by atoms with E-state index in [9.17, 15) is 4.79 Å². The van der Waals surface area contributed by atoms with Crippen LogP contribution >= 0.6 is 11.8 Å². The van der Waals surface area contributed by atoms with E-state index in [1.807, 2.05) is 48.7 Å². The van der Waals surface area contributed by atoms with Crippen molar-refractivity contribution in [3.05, 3.63) is 60.4 Å². The molecule has 0 aliphatic carbocycles. The smallest absolute Gasteiger partial charge is 0.291 e. The van der Waals surface area contributed by atoms with Crippen LogP contribution in [0.3, 0.4) is 0 Å². The minimum absolute atomic E-state index is 0.277. The lowest BCUT2D eigenvalue weighted by Crippen LogP contribution is -2.10. The van der Waals surface area contributed by atoms with Crippen LogP contribution in [-0.2, 0) is 0 Å². The summed E-state index contributed by atoms with van der Waals surface area (Å²) in [6, 6.07) is 17.0. The molecule has 0 fully saturated rings. The van der Waals surface area contributed by atoms with Gasteiger partial charge in [0.25, 0.3) is 5.91 Å². The van der Waals surface area contributed by atoms with Gasteiger partial charge < -0.3 is 14.2 Å². The SMILES string of the molecule is CSc1ccc(C(=O)Nc2ccc3c(c2)oc2ccccc23)o1. The van der Waals surface area contributed by atoms with E-state index in [-0.39, 0.29) is 5.91 Å². The van der Waals surface area contributed by atoms with Gasteiger partial charge in [-0.3, -0.25) is 4.79 Å². The molecule has 0 atom stereocenters. The Morgan fingerprint density at radius 3 is 2.61 bits per heavy atom. The number of nitrogens with one attached hydrogen (secondary N) is 1. The first-order valence-corrected chi connectivity index (χ1v) is 8.33. The first-order valence-electron chi connectivity index (χ1n) is 7.11. The van der Waals surface area contributed by atoms with Crippen LogP contribution in [0.2, 0.25) is 0 Å². The van der Waals surface area contributed by atoms with Gasteiger partial charge in [-0.1, -0.05) is 30.0 Å². The molecular weight excluding hydrogens is 310 g/mol. The molecule has 5 heteroatoms. The molecule has 114 valence electrons. The summed E-state index contributed by atoms with van der Waals surface area (Å²) in [5, 5.41) is 5.64. The number of fused-ring (bicyclic) bond motifs is 3. The molecule has 2 aromatic carbocycles. The minimum atomic E-state index is -0.277. The number of carbonyl (C=O) groups is 1. The molecule has 4 nitrogen and oxygen atoms in total. The van der Waals surface area contributed by atoms with Gasteiger partial charge in [0.15, 0.2) is 10.9 Å². The molecule has 4 aromatic rings. The highest BCUT2D eigenvalue weighted by Gasteiger charge is 2.13. The molecule has 0 unspecified atom stereocenters. The highest BCUT2D eigenvalue weighted by atomic mass is 32.2. The number of carbonyl (C=O) groups excluding carboxylic acids is 1. The highest BCUT2D eigenvalue weighted by molar-refractivity contribution is 7.98. The van der Waals surface area contributed by atoms with Crippen LogP contribution in [0.25, 0.3) is 21.9 Å². The van der Waals surface area contributed by atoms with Crippen molar-refractivity contribution in [1.82, 2.24) is 0 Å². The number of benzene rings is 2. The lowest BCUT2D eigenvalue weighted by Gasteiger charge is -2.02. The Kier molecular flexibility index (Phi) is 3.35. The Balaban J connectivity index is 1.66. The van der Waals surface area contributed by atoms with Crippen molar-refractivity contribution in [3.8, 4) is 0 Å². The Bertz CT molecular complexity index is 1020. The molecule has 2 heterocycles. The summed E-state index contributed by atoms with van der Waals surface area (Å²) in [7, 11) is 0. The monoisotopic (exact) mass is 323 g/mol. The fraction of sp³-hybridized carbons (Fsp3) is 0.0556. The fourth-order valence-corrected chi connectivity index (χ4v) is 2.93. The molecule has 0 aliphatic rings. The van der Waals surface area contributed by atoms with Gasteiger partial charge in [-0.25, -0.2) is 0 Å². The number of thioether (sulfide) groups is 1. The minimum Gasteiger partial charge on any atom is -0.456 e. The predicted molar refractivity (Wildman–Crippen MR) is 92.2 cm³/mol. The predicted octanol–water partition coefficient (Wildman–Crippen LogP) is 5.15. The van der Waals surface area contributed by atoms with Crippen LogP contribution in [0.1, 0.15) is 10.6 Å². The first-order chi connectivity index (χ1) is 11.2. The van der Waals surface area contributed by atoms with Crippen molar-refractivity contribution in [1.29, 1.82) is 0 Å². The van der Waals surface area contributed by atoms with E-state index in [0.29, 0.717) is 16.5 Å². The number of furan rings is 2. The molecule has 1 N–H and O–H groups in total. The standard InChI is InChI=1S/C18H13NO3S/c1-23-17-9-8-15(22-17)18(20)19-11-6-7-13-12-4-2-3-5-14(12)21-16(13)10-11/h2-10H,1H3,(H,19,20). The van der Waals surface area contributed by atoms with E-state index in [1.54, 1.807) is 12.1 Å². The number of para-hydroxylation sites is 1. The first kappa shape index (κ1) is 14.0. The van der Waals surface area contributed by atoms with E-state index < -0.39 is 0 Å². The van der Waals surface area contributed by atoms with Gasteiger partial charge in [0.1, 0.15) is 11.2 Å². The number of hydrogen-bond donors (Lipinski definition) is 1. The summed E-state index contributed by atoms with van der Waals surface area (Å²) in [6.07, 6.45) is 1.90. The second-order valence-corrected chi connectivity index (χ2v) is 5.90. The number of amides is 1. The van der Waals surface area contributed by atoms with Crippen LogP contribution in [0.15, 0.2) is 68.5 Å². The largest absolute Gasteiger partial charge is 0.456 e. The third-order valence-electron chi connectivity index (χ3n) is 3.64. The summed E-state index contributed by atoms with van der Waals surface area (Å²) >= 11 is 1.46. The average Bonchev–Trinajstić information content (AvgIpc) is 3.18. The highest BCUT2D eigenvalue weighted by Crippen LogP contribution is 2.30. The second kappa shape index (κ2) is 5.52. The van der Waals surface area contributed by atoms with Gasteiger partial charge in [-0.2, -0.15) is 0 Å². The van der Waals surface area contributed by atoms with E-state index in [0.717, 1.165) is 21.9 Å². The zero-order chi connectivity index (χ0) is 15.8. The van der Waals surface area contributed by atoms with E-state index >= 15 is 0 Å². The molecule has 23 heavy (non-hydrogen) atoms. The zero-order valence-electron chi connectivity index (χ0n) is 12.3. The Labute approximate surface area is 136 Å². The lowest BCUT2D eigenvalue weighted by atomic mass is 10.1. The van der Waals surface area contributed by atoms with E-state index in [4.69, 9.17) is 8.83 Å². The zero-order valence-corrected chi connectivity index (χ0v) is 13.1. The van der Waals surface area contributed by atoms with Crippen LogP contribution in [0.4, 0.5) is 5.69 Å². The number of hydrogen-bond acceptors (Lipinski definition) is 4. The summed E-state index contributed by atoms with van der Waals surface area (Å²) in [5.74, 6) is 0.0137. The van der Waals surface area contributed by atoms with Crippen molar-refractivity contribution < 1.29 is 13.6 Å². The van der Waals surface area contributed by atoms with Crippen molar-refractivity contribution >= 4 is 45.3 Å². The third kappa shape index (κ3) is 2.49. The average molecular weight is 323 g/mol. The topological polar surface area (TPSA) is 55.4 Å². The molecule has 0 saturated heterocycles. The summed E-state index contributed by atoms with van der Waals surface area (Å²) in [6.45, 7) is 0. The van der Waals surface area contributed by atoms with Gasteiger partial charge in [0, 0.05) is 22.5 Å². The van der Waals surface area contributed by atoms with Crippen molar-refractivity contribution in [3.63, 3.8) is 0 Å². The van der Waals surface area contributed by atoms with Gasteiger partial charge in [-0.05, 0) is 36.6 Å². The lowest BCUT2D eigenvalue weighted by molar-refractivity contribution is 0.0992. The molecule has 2 aromatic heterocycles. The Morgan fingerprint density at radius 2 is 1.78 bits per heavy atom. The molecule has 4 rings (SSSR count). The second-order valence-electron chi connectivity index (χ2n) is 5.09. The third-order valence-corrected chi connectivity index (χ3v) is 4.26. The maximum absolute atomic E-state index is 12.2. The van der Waals surface area contributed by atoms with E-state index in [2.05, 4.69) is 5.32 Å². The molecule has 0 saturated carbocycles. The molecule has 0 spiro atoms. The van der Waals surface area contributed by atoms with E-state index in [1.165, 1.54) is 11.8 Å². The number of anilines is 1. The van der Waals surface area contributed by atoms with Crippen LogP contribution in [0, 0.1) is 0 Å². The van der Waals surface area contributed by atoms with Crippen LogP contribution in [-0.4, -0.2) is 12.2 Å². The van der Waals surface area contributed by atoms with Crippen LogP contribution in [0.5, 0.6) is 0 Å². The van der Waals surface area contributed by atoms with Gasteiger partial charge in [0.2, 0.25) is 0 Å². The molecule has 1 amide bonds. The molecule has 0 aliphatic heterocycles. The fourth-order valence-electron chi connectivity index (χ4n) is 2.55. The van der Waals surface area contributed by atoms with Crippen molar-refractivity contribution in [2.45, 2.75) is 5.09 Å². The molecule has 0 bridgehead atoms. The Hall–Kier alpha value is -2.66. The maximum Gasteiger partial charge on any atom is 0.291 e. The quantitative estimate of drug-likeness (QED) is 0.530. The molecule has 0 radical (unpaired) electrons. The van der Waals surface area contributed by atoms with Gasteiger partial charge >= 0.3 is 0 Å². The van der Waals surface area contributed by atoms with Crippen molar-refractivity contribution in [2.75, 3.05) is 11.6 Å². The Morgan fingerprint density at radius 1 is 0.957 bits per heavy atom. The normalized spacial score (nSPS) is 11.2. The summed E-state index contributed by atoms with van der Waals surface area (Å²) < 4.78 is 11.3. The molecular formula is C18H13NO3S. The van der Waals surface area contributed by atoms with Gasteiger partial charge in [0.05, 0.1) is 0 Å². The van der Waals surface area contributed by atoms with Crippen molar-refractivity contribution in [2.24, 2.45) is 0 Å². The number of rotatable bonds is 3. The van der Waals surface area contributed by atoms with Gasteiger partial charge in [-0.15, -0.1) is 0 Å². The maximum atomic E-state index is 12.2. The van der Waals surface area contributed by atoms with Crippen LogP contribution < -0.4 is 5.32 Å².